The van der Waals surface area contributed by atoms with Crippen molar-refractivity contribution in [2.75, 3.05) is 11.5 Å². The highest BCUT2D eigenvalue weighted by Gasteiger charge is 2.35. The molecule has 4 rings (SSSR count). The summed E-state index contributed by atoms with van der Waals surface area (Å²) in [6.07, 6.45) is -1.32. The number of benzene rings is 3. The number of aliphatic hydroxyl groups excluding tert-OH is 2. The van der Waals surface area contributed by atoms with Crippen molar-refractivity contribution in [2.45, 2.75) is 18.9 Å². The van der Waals surface area contributed by atoms with Gasteiger partial charge in [0.2, 0.25) is 0 Å². The van der Waals surface area contributed by atoms with Crippen LogP contribution in [0.4, 0.5) is 5.69 Å². The third kappa shape index (κ3) is 3.68. The number of rotatable bonds is 5. The molecule has 0 bridgehead atoms. The molecule has 2 unspecified atom stereocenters. The molecule has 0 saturated carbocycles. The largest absolute Gasteiger partial charge is 0.507 e. The van der Waals surface area contributed by atoms with Crippen LogP contribution in [-0.2, 0) is 11.2 Å². The lowest BCUT2D eigenvalue weighted by Crippen LogP contribution is -2.25. The number of esters is 1. The number of carbonyl (C=O) groups excluding carboxylic acids is 1. The summed E-state index contributed by atoms with van der Waals surface area (Å²) in [6, 6.07) is 20.9. The number of aliphatic hydroxyl groups is 2. The number of fused-ring (bicyclic) bond motifs is 1. The molecule has 0 amide bonds. The molecule has 6 nitrogen and oxygen atoms in total. The molecule has 2 atom stereocenters. The van der Waals surface area contributed by atoms with Crippen molar-refractivity contribution in [3.8, 4) is 5.75 Å². The van der Waals surface area contributed by atoms with Gasteiger partial charge in [0.15, 0.2) is 12.5 Å². The zero-order valence-corrected chi connectivity index (χ0v) is 15.6. The Bertz CT molecular complexity index is 989. The number of aromatic hydroxyl groups is 1. The number of phenols is 1. The number of para-hydroxylation sites is 1. The third-order valence-electron chi connectivity index (χ3n) is 5.06. The maximum Gasteiger partial charge on any atom is 0.341 e. The Morgan fingerprint density at radius 3 is 2.07 bits per heavy atom. The van der Waals surface area contributed by atoms with Crippen molar-refractivity contribution in [1.82, 2.24) is 0 Å². The first-order valence-corrected chi connectivity index (χ1v) is 9.33. The second kappa shape index (κ2) is 7.95. The number of carbonyl (C=O) groups is 1. The van der Waals surface area contributed by atoms with E-state index in [1.807, 2.05) is 36.4 Å². The average Bonchev–Trinajstić information content (AvgIpc) is 2.99. The Kier molecular flexibility index (Phi) is 5.20. The highest BCUT2D eigenvalue weighted by atomic mass is 16.5. The van der Waals surface area contributed by atoms with Crippen molar-refractivity contribution < 1.29 is 24.9 Å². The lowest BCUT2D eigenvalue weighted by atomic mass is 10.1. The molecule has 3 aromatic carbocycles. The average molecular weight is 391 g/mol. The van der Waals surface area contributed by atoms with E-state index in [4.69, 9.17) is 4.74 Å². The number of ether oxygens (including phenoxy) is 1. The first-order valence-electron chi connectivity index (χ1n) is 9.33. The zero-order valence-electron chi connectivity index (χ0n) is 15.6. The fourth-order valence-electron chi connectivity index (χ4n) is 3.52. The molecule has 0 aliphatic carbocycles. The van der Waals surface area contributed by atoms with Crippen LogP contribution < -0.4 is 4.90 Å². The highest BCUT2D eigenvalue weighted by molar-refractivity contribution is 5.92. The predicted octanol–water partition coefficient (Wildman–Crippen LogP) is 3.29. The molecule has 3 aromatic rings. The van der Waals surface area contributed by atoms with Crippen LogP contribution in [0.1, 0.15) is 39.5 Å². The Balaban J connectivity index is 1.38. The molecule has 3 N–H and O–H groups in total. The molecule has 29 heavy (non-hydrogen) atoms. The molecule has 0 radical (unpaired) electrons. The second-order valence-electron chi connectivity index (χ2n) is 6.85. The SMILES string of the molecule is O=C(OCCc1ccc(N2C(O)c3ccccc3C2O)cc1)c1ccccc1O. The quantitative estimate of drug-likeness (QED) is 0.578. The van der Waals surface area contributed by atoms with Crippen LogP contribution in [0.5, 0.6) is 5.75 Å². The first kappa shape index (κ1) is 19.0. The van der Waals surface area contributed by atoms with Gasteiger partial charge in [-0.05, 0) is 29.8 Å². The summed E-state index contributed by atoms with van der Waals surface area (Å²) < 4.78 is 5.23. The lowest BCUT2D eigenvalue weighted by molar-refractivity contribution is 0.0506. The van der Waals surface area contributed by atoms with Crippen LogP contribution in [0.2, 0.25) is 0 Å². The third-order valence-corrected chi connectivity index (χ3v) is 5.06. The molecule has 1 aliphatic heterocycles. The van der Waals surface area contributed by atoms with E-state index >= 15 is 0 Å². The minimum Gasteiger partial charge on any atom is -0.507 e. The van der Waals surface area contributed by atoms with Gasteiger partial charge in [-0.3, -0.25) is 0 Å². The van der Waals surface area contributed by atoms with Gasteiger partial charge >= 0.3 is 5.97 Å². The summed E-state index contributed by atoms with van der Waals surface area (Å²) in [6.45, 7) is 0.174. The predicted molar refractivity (Wildman–Crippen MR) is 107 cm³/mol. The van der Waals surface area contributed by atoms with Crippen molar-refractivity contribution in [3.63, 3.8) is 0 Å². The normalized spacial score (nSPS) is 17.8. The van der Waals surface area contributed by atoms with Crippen molar-refractivity contribution >= 4 is 11.7 Å². The monoisotopic (exact) mass is 391 g/mol. The zero-order chi connectivity index (χ0) is 20.4. The number of hydrogen-bond donors (Lipinski definition) is 3. The Labute approximate surface area is 168 Å². The van der Waals surface area contributed by atoms with E-state index in [2.05, 4.69) is 0 Å². The summed E-state index contributed by atoms with van der Waals surface area (Å²) in [7, 11) is 0. The number of phenolic OH excluding ortho intramolecular Hbond substituents is 1. The van der Waals surface area contributed by atoms with E-state index in [0.717, 1.165) is 5.56 Å². The lowest BCUT2D eigenvalue weighted by Gasteiger charge is -2.26. The first-order chi connectivity index (χ1) is 14.1. The fraction of sp³-hybridized carbons (Fsp3) is 0.174. The van der Waals surface area contributed by atoms with E-state index in [0.29, 0.717) is 23.2 Å². The van der Waals surface area contributed by atoms with Crippen LogP contribution in [0.25, 0.3) is 0 Å². The van der Waals surface area contributed by atoms with Gasteiger partial charge in [-0.2, -0.15) is 0 Å². The summed E-state index contributed by atoms with van der Waals surface area (Å²) in [5, 5.41) is 30.8. The van der Waals surface area contributed by atoms with E-state index in [9.17, 15) is 20.1 Å². The van der Waals surface area contributed by atoms with Crippen molar-refractivity contribution in [3.05, 3.63) is 95.1 Å². The van der Waals surface area contributed by atoms with Crippen LogP contribution >= 0.6 is 0 Å². The van der Waals surface area contributed by atoms with Gasteiger partial charge in [0.05, 0.1) is 6.61 Å². The molecule has 0 aromatic heterocycles. The molecule has 6 heteroatoms. The molecule has 0 saturated heterocycles. The topological polar surface area (TPSA) is 90.2 Å². The Hall–Kier alpha value is -3.35. The summed E-state index contributed by atoms with van der Waals surface area (Å²) in [4.78, 5) is 13.6. The van der Waals surface area contributed by atoms with Crippen molar-refractivity contribution in [2.24, 2.45) is 0 Å². The summed E-state index contributed by atoms with van der Waals surface area (Å²) >= 11 is 0. The molecular formula is C23H21NO5. The smallest absolute Gasteiger partial charge is 0.341 e. The Morgan fingerprint density at radius 1 is 0.862 bits per heavy atom. The van der Waals surface area contributed by atoms with Crippen molar-refractivity contribution in [1.29, 1.82) is 0 Å². The highest BCUT2D eigenvalue weighted by Crippen LogP contribution is 2.42. The number of anilines is 1. The fourth-order valence-corrected chi connectivity index (χ4v) is 3.52. The molecule has 1 aliphatic rings. The van der Waals surface area contributed by atoms with Crippen LogP contribution in [0.3, 0.4) is 0 Å². The van der Waals surface area contributed by atoms with Gasteiger partial charge in [0.25, 0.3) is 0 Å². The second-order valence-corrected chi connectivity index (χ2v) is 6.85. The molecule has 0 spiro atoms. The van der Waals surface area contributed by atoms with Gasteiger partial charge in [0, 0.05) is 23.2 Å². The van der Waals surface area contributed by atoms with Crippen LogP contribution in [0, 0.1) is 0 Å². The molecular weight excluding hydrogens is 370 g/mol. The van der Waals surface area contributed by atoms with E-state index in [1.165, 1.54) is 12.1 Å². The summed E-state index contributed by atoms with van der Waals surface area (Å²) in [5.74, 6) is -0.675. The van der Waals surface area contributed by atoms with Crippen LogP contribution in [0.15, 0.2) is 72.8 Å². The van der Waals surface area contributed by atoms with Crippen LogP contribution in [-0.4, -0.2) is 27.9 Å². The Morgan fingerprint density at radius 2 is 1.45 bits per heavy atom. The molecule has 148 valence electrons. The molecule has 0 fully saturated rings. The van der Waals surface area contributed by atoms with E-state index in [1.54, 1.807) is 29.2 Å². The maximum atomic E-state index is 12.0. The minimum absolute atomic E-state index is 0.106. The standard InChI is InChI=1S/C23H21NO5/c25-20-8-4-3-7-19(20)23(28)29-14-13-15-9-11-16(12-10-15)24-21(26)17-5-1-2-6-18(17)22(24)27/h1-12,21-22,25-27H,13-14H2. The molecule has 1 heterocycles. The minimum atomic E-state index is -0.911. The van der Waals surface area contributed by atoms with Gasteiger partial charge in [-0.15, -0.1) is 0 Å². The maximum absolute atomic E-state index is 12.0. The van der Waals surface area contributed by atoms with E-state index < -0.39 is 18.4 Å². The number of nitrogens with zero attached hydrogens (tertiary/aromatic N) is 1. The summed E-state index contributed by atoms with van der Waals surface area (Å²) in [5.41, 5.74) is 3.16. The number of hydrogen-bond acceptors (Lipinski definition) is 6. The van der Waals surface area contributed by atoms with Gasteiger partial charge in [-0.25, -0.2) is 4.79 Å². The van der Waals surface area contributed by atoms with Gasteiger partial charge in [-0.1, -0.05) is 48.5 Å². The van der Waals surface area contributed by atoms with Gasteiger partial charge in [0.1, 0.15) is 11.3 Å². The van der Waals surface area contributed by atoms with Gasteiger partial charge < -0.3 is 25.0 Å². The van der Waals surface area contributed by atoms with E-state index in [-0.39, 0.29) is 17.9 Å².